The Morgan fingerprint density at radius 1 is 1.43 bits per heavy atom. The summed E-state index contributed by atoms with van der Waals surface area (Å²) in [7, 11) is 1.68. The number of nitrogens with one attached hydrogen (secondary N) is 1. The van der Waals surface area contributed by atoms with E-state index in [9.17, 15) is 4.79 Å². The zero-order chi connectivity index (χ0) is 15.4. The summed E-state index contributed by atoms with van der Waals surface area (Å²) in [5.41, 5.74) is 0.337. The minimum absolute atomic E-state index is 0.0970. The first-order valence-corrected chi connectivity index (χ1v) is 6.63. The molecule has 0 unspecified atom stereocenters. The summed E-state index contributed by atoms with van der Waals surface area (Å²) in [6.45, 7) is 0. The van der Waals surface area contributed by atoms with E-state index >= 15 is 0 Å². The summed E-state index contributed by atoms with van der Waals surface area (Å²) < 4.78 is 1.56. The van der Waals surface area contributed by atoms with Crippen LogP contribution in [0.25, 0.3) is 6.08 Å². The van der Waals surface area contributed by atoms with Gasteiger partial charge >= 0.3 is 0 Å². The van der Waals surface area contributed by atoms with Gasteiger partial charge in [0.25, 0.3) is 5.91 Å². The van der Waals surface area contributed by atoms with Crippen LogP contribution < -0.4 is 5.32 Å². The third-order valence-electron chi connectivity index (χ3n) is 2.73. The van der Waals surface area contributed by atoms with Crippen molar-refractivity contribution < 1.29 is 4.79 Å². The molecule has 0 atom stereocenters. The maximum atomic E-state index is 12.1. The van der Waals surface area contributed by atoms with Gasteiger partial charge in [0.1, 0.15) is 22.6 Å². The number of hydrogen-bond acceptors (Lipinski definition) is 3. The average Bonchev–Trinajstić information content (AvgIpc) is 2.78. The minimum Gasteiger partial charge on any atom is -0.320 e. The first-order valence-electron chi connectivity index (χ1n) is 5.88. The number of benzene rings is 1. The highest BCUT2D eigenvalue weighted by molar-refractivity contribution is 6.34. The minimum atomic E-state index is -0.565. The fraction of sp³-hybridized carbons (Fsp3) is 0.0714. The van der Waals surface area contributed by atoms with E-state index in [1.54, 1.807) is 35.9 Å². The van der Waals surface area contributed by atoms with Crippen LogP contribution in [-0.2, 0) is 11.8 Å². The van der Waals surface area contributed by atoms with Crippen molar-refractivity contribution in [2.24, 2.45) is 7.05 Å². The second-order valence-electron chi connectivity index (χ2n) is 4.10. The van der Waals surface area contributed by atoms with Gasteiger partial charge in [-0.05, 0) is 12.1 Å². The van der Waals surface area contributed by atoms with E-state index in [2.05, 4.69) is 10.3 Å². The highest BCUT2D eigenvalue weighted by Crippen LogP contribution is 2.21. The van der Waals surface area contributed by atoms with Crippen molar-refractivity contribution >= 4 is 40.9 Å². The third kappa shape index (κ3) is 3.43. The van der Waals surface area contributed by atoms with E-state index in [1.807, 2.05) is 6.07 Å². The van der Waals surface area contributed by atoms with E-state index in [0.29, 0.717) is 21.7 Å². The van der Waals surface area contributed by atoms with Crippen molar-refractivity contribution in [3.8, 4) is 6.07 Å². The number of aromatic nitrogens is 2. The molecule has 1 amide bonds. The van der Waals surface area contributed by atoms with Crippen LogP contribution in [0.4, 0.5) is 5.69 Å². The van der Waals surface area contributed by atoms with Gasteiger partial charge in [0, 0.05) is 13.1 Å². The molecule has 0 aliphatic heterocycles. The third-order valence-corrected chi connectivity index (χ3v) is 3.41. The molecule has 0 saturated carbocycles. The summed E-state index contributed by atoms with van der Waals surface area (Å²) >= 11 is 11.8. The largest absolute Gasteiger partial charge is 0.320 e. The number of imidazole rings is 1. The predicted octanol–water partition coefficient (Wildman–Crippen LogP) is 3.27. The lowest BCUT2D eigenvalue weighted by molar-refractivity contribution is -0.112. The number of amides is 1. The van der Waals surface area contributed by atoms with Gasteiger partial charge in [-0.25, -0.2) is 4.98 Å². The van der Waals surface area contributed by atoms with E-state index in [-0.39, 0.29) is 5.57 Å². The molecule has 0 aliphatic rings. The number of para-hydroxylation sites is 1. The predicted molar refractivity (Wildman–Crippen MR) is 81.9 cm³/mol. The molecule has 0 aliphatic carbocycles. The molecule has 2 aromatic rings. The topological polar surface area (TPSA) is 70.7 Å². The fourth-order valence-electron chi connectivity index (χ4n) is 1.57. The van der Waals surface area contributed by atoms with Crippen molar-refractivity contribution in [2.45, 2.75) is 0 Å². The summed E-state index contributed by atoms with van der Waals surface area (Å²) in [5, 5.41) is 12.5. The van der Waals surface area contributed by atoms with Gasteiger partial charge in [0.15, 0.2) is 0 Å². The fourth-order valence-corrected chi connectivity index (χ4v) is 1.88. The SMILES string of the molecule is Cn1c(Cl)cnc1C=C(C#N)C(=O)Nc1ccccc1Cl. The Balaban J connectivity index is 2.26. The second kappa shape index (κ2) is 6.44. The summed E-state index contributed by atoms with van der Waals surface area (Å²) in [6.07, 6.45) is 2.80. The van der Waals surface area contributed by atoms with Gasteiger partial charge in [0.05, 0.1) is 16.9 Å². The Labute approximate surface area is 131 Å². The zero-order valence-electron chi connectivity index (χ0n) is 11.0. The second-order valence-corrected chi connectivity index (χ2v) is 4.90. The molecule has 0 fully saturated rings. The number of carbonyl (C=O) groups is 1. The molecule has 0 saturated heterocycles. The van der Waals surface area contributed by atoms with Crippen molar-refractivity contribution in [1.82, 2.24) is 9.55 Å². The molecule has 106 valence electrons. The lowest BCUT2D eigenvalue weighted by Gasteiger charge is -2.06. The van der Waals surface area contributed by atoms with Gasteiger partial charge in [0.2, 0.25) is 0 Å². The van der Waals surface area contributed by atoms with Crippen LogP contribution in [-0.4, -0.2) is 15.5 Å². The molecule has 5 nitrogen and oxygen atoms in total. The highest BCUT2D eigenvalue weighted by Gasteiger charge is 2.13. The first kappa shape index (κ1) is 15.1. The van der Waals surface area contributed by atoms with Gasteiger partial charge in [-0.3, -0.25) is 4.79 Å². The number of anilines is 1. The highest BCUT2D eigenvalue weighted by atomic mass is 35.5. The number of rotatable bonds is 3. The molecule has 0 spiro atoms. The lowest BCUT2D eigenvalue weighted by Crippen LogP contribution is -2.14. The van der Waals surface area contributed by atoms with E-state index < -0.39 is 5.91 Å². The smallest absolute Gasteiger partial charge is 0.266 e. The molecule has 1 aromatic heterocycles. The van der Waals surface area contributed by atoms with Crippen molar-refractivity contribution in [3.05, 3.63) is 52.0 Å². The Bertz CT molecular complexity index is 759. The number of carbonyl (C=O) groups excluding carboxylic acids is 1. The Hall–Kier alpha value is -2.29. The molecule has 0 radical (unpaired) electrons. The van der Waals surface area contributed by atoms with E-state index in [1.165, 1.54) is 12.3 Å². The van der Waals surface area contributed by atoms with Crippen LogP contribution in [0.1, 0.15) is 5.82 Å². The maximum absolute atomic E-state index is 12.1. The molecule has 1 heterocycles. The summed E-state index contributed by atoms with van der Waals surface area (Å²) in [4.78, 5) is 16.1. The van der Waals surface area contributed by atoms with Crippen LogP contribution in [0.5, 0.6) is 0 Å². The van der Waals surface area contributed by atoms with Crippen LogP contribution in [0.15, 0.2) is 36.0 Å². The lowest BCUT2D eigenvalue weighted by atomic mass is 10.2. The Morgan fingerprint density at radius 3 is 2.71 bits per heavy atom. The van der Waals surface area contributed by atoms with Crippen LogP contribution in [0.3, 0.4) is 0 Å². The van der Waals surface area contributed by atoms with Gasteiger partial charge in [-0.2, -0.15) is 5.26 Å². The van der Waals surface area contributed by atoms with Crippen LogP contribution >= 0.6 is 23.2 Å². The quantitative estimate of drug-likeness (QED) is 0.697. The summed E-state index contributed by atoms with van der Waals surface area (Å²) in [5.74, 6) is -0.157. The standard InChI is InChI=1S/C14H10Cl2N4O/c1-20-12(16)8-18-13(20)6-9(7-17)14(21)19-11-5-3-2-4-10(11)15/h2-6,8H,1H3,(H,19,21). The normalized spacial score (nSPS) is 11.0. The Morgan fingerprint density at radius 2 is 2.14 bits per heavy atom. The van der Waals surface area contributed by atoms with E-state index in [4.69, 9.17) is 28.5 Å². The van der Waals surface area contributed by atoms with Crippen LogP contribution in [0.2, 0.25) is 10.2 Å². The molecule has 2 rings (SSSR count). The number of nitrogens with zero attached hydrogens (tertiary/aromatic N) is 3. The average molecular weight is 321 g/mol. The molecule has 1 N–H and O–H groups in total. The monoisotopic (exact) mass is 320 g/mol. The van der Waals surface area contributed by atoms with Crippen LogP contribution in [0, 0.1) is 11.3 Å². The number of halogens is 2. The van der Waals surface area contributed by atoms with Gasteiger partial charge in [-0.1, -0.05) is 35.3 Å². The molecular formula is C14H10Cl2N4O. The molecular weight excluding hydrogens is 311 g/mol. The first-order chi connectivity index (χ1) is 10.0. The molecule has 1 aromatic carbocycles. The summed E-state index contributed by atoms with van der Waals surface area (Å²) in [6, 6.07) is 8.60. The van der Waals surface area contributed by atoms with Gasteiger partial charge in [-0.15, -0.1) is 0 Å². The van der Waals surface area contributed by atoms with Crippen molar-refractivity contribution in [1.29, 1.82) is 5.26 Å². The number of hydrogen-bond donors (Lipinski definition) is 1. The molecule has 0 bridgehead atoms. The number of nitriles is 1. The maximum Gasteiger partial charge on any atom is 0.266 e. The van der Waals surface area contributed by atoms with Crippen molar-refractivity contribution in [3.63, 3.8) is 0 Å². The van der Waals surface area contributed by atoms with E-state index in [0.717, 1.165) is 0 Å². The Kier molecular flexibility index (Phi) is 4.63. The zero-order valence-corrected chi connectivity index (χ0v) is 12.5. The van der Waals surface area contributed by atoms with Gasteiger partial charge < -0.3 is 9.88 Å². The van der Waals surface area contributed by atoms with Crippen molar-refractivity contribution in [2.75, 3.05) is 5.32 Å². The molecule has 7 heteroatoms. The molecule has 21 heavy (non-hydrogen) atoms.